The minimum atomic E-state index is 0.0170. The van der Waals surface area contributed by atoms with E-state index in [0.29, 0.717) is 6.42 Å². The summed E-state index contributed by atoms with van der Waals surface area (Å²) in [7, 11) is 2.12. The van der Waals surface area contributed by atoms with E-state index < -0.39 is 0 Å². The van der Waals surface area contributed by atoms with Crippen molar-refractivity contribution in [3.05, 3.63) is 64.5 Å². The van der Waals surface area contributed by atoms with Gasteiger partial charge in [0.1, 0.15) is 5.76 Å². The van der Waals surface area contributed by atoms with Crippen LogP contribution in [-0.2, 0) is 6.42 Å². The Balaban J connectivity index is 1.82. The van der Waals surface area contributed by atoms with Gasteiger partial charge in [-0.25, -0.2) is 4.68 Å². The summed E-state index contributed by atoms with van der Waals surface area (Å²) in [5.41, 5.74) is 0.919. The number of likely N-dealkylation sites (tertiary alicyclic amines) is 1. The van der Waals surface area contributed by atoms with Crippen molar-refractivity contribution < 1.29 is 4.42 Å². The van der Waals surface area contributed by atoms with E-state index in [4.69, 9.17) is 9.52 Å². The van der Waals surface area contributed by atoms with E-state index >= 15 is 0 Å². The quantitative estimate of drug-likeness (QED) is 0.744. The summed E-state index contributed by atoms with van der Waals surface area (Å²) in [6.07, 6.45) is 4.19. The van der Waals surface area contributed by atoms with Gasteiger partial charge in [0, 0.05) is 5.39 Å². The fourth-order valence-corrected chi connectivity index (χ4v) is 3.47. The molecule has 1 aromatic carbocycles. The van der Waals surface area contributed by atoms with E-state index in [1.54, 1.807) is 10.9 Å². The van der Waals surface area contributed by atoms with Crippen LogP contribution in [0, 0.1) is 0 Å². The molecule has 0 amide bonds. The molecule has 0 N–H and O–H groups in total. The Bertz CT molecular complexity index is 891. The van der Waals surface area contributed by atoms with Crippen LogP contribution < -0.4 is 5.56 Å². The van der Waals surface area contributed by atoms with Gasteiger partial charge in [-0.1, -0.05) is 18.2 Å². The highest BCUT2D eigenvalue weighted by Gasteiger charge is 2.22. The minimum Gasteiger partial charge on any atom is -0.469 e. The number of benzene rings is 1. The van der Waals surface area contributed by atoms with Gasteiger partial charge in [-0.3, -0.25) is 4.79 Å². The fraction of sp³-hybridized carbons (Fsp3) is 0.368. The molecule has 0 spiro atoms. The number of fused-ring (bicyclic) bond motifs is 1. The molecule has 3 aromatic rings. The van der Waals surface area contributed by atoms with Crippen LogP contribution in [0.1, 0.15) is 30.3 Å². The van der Waals surface area contributed by atoms with E-state index in [1.165, 1.54) is 0 Å². The van der Waals surface area contributed by atoms with Gasteiger partial charge in [-0.05, 0) is 51.2 Å². The molecule has 0 bridgehead atoms. The number of aromatic nitrogens is 2. The maximum Gasteiger partial charge on any atom is 0.274 e. The zero-order valence-corrected chi connectivity index (χ0v) is 13.8. The molecule has 1 fully saturated rings. The Kier molecular flexibility index (Phi) is 3.94. The van der Waals surface area contributed by atoms with Gasteiger partial charge in [0.2, 0.25) is 0 Å². The van der Waals surface area contributed by atoms with Crippen molar-refractivity contribution >= 4 is 10.8 Å². The Morgan fingerprint density at radius 2 is 1.88 bits per heavy atom. The molecule has 1 aliphatic heterocycles. The molecule has 124 valence electrons. The van der Waals surface area contributed by atoms with Crippen LogP contribution in [0.5, 0.6) is 0 Å². The lowest BCUT2D eigenvalue weighted by atomic mass is 10.0. The SMILES string of the molecule is CN1CCC(n2nc(Cc3ccco3)c3ccccc3c2=O)CC1. The summed E-state index contributed by atoms with van der Waals surface area (Å²) >= 11 is 0. The molecule has 1 aliphatic rings. The van der Waals surface area contributed by atoms with Crippen LogP contribution in [0.25, 0.3) is 10.8 Å². The molecule has 0 unspecified atom stereocenters. The van der Waals surface area contributed by atoms with Crippen molar-refractivity contribution in [3.8, 4) is 0 Å². The lowest BCUT2D eigenvalue weighted by Gasteiger charge is -2.29. The molecule has 0 atom stereocenters. The van der Waals surface area contributed by atoms with Gasteiger partial charge in [-0.2, -0.15) is 5.10 Å². The Hall–Kier alpha value is -2.40. The summed E-state index contributed by atoms with van der Waals surface area (Å²) in [6, 6.07) is 11.7. The average Bonchev–Trinajstić information content (AvgIpc) is 3.11. The number of nitrogens with zero attached hydrogens (tertiary/aromatic N) is 3. The van der Waals surface area contributed by atoms with E-state index in [0.717, 1.165) is 48.2 Å². The molecular formula is C19H21N3O2. The van der Waals surface area contributed by atoms with Crippen molar-refractivity contribution in [2.75, 3.05) is 20.1 Å². The molecule has 0 aliphatic carbocycles. The maximum atomic E-state index is 12.9. The van der Waals surface area contributed by atoms with Crippen LogP contribution in [0.4, 0.5) is 0 Å². The number of furan rings is 1. The normalized spacial score (nSPS) is 16.7. The first kappa shape index (κ1) is 15.1. The summed E-state index contributed by atoms with van der Waals surface area (Å²) < 4.78 is 7.20. The highest BCUT2D eigenvalue weighted by atomic mass is 16.3. The zero-order chi connectivity index (χ0) is 16.5. The summed E-state index contributed by atoms with van der Waals surface area (Å²) in [6.45, 7) is 2.00. The predicted molar refractivity (Wildman–Crippen MR) is 93.3 cm³/mol. The number of hydrogen-bond acceptors (Lipinski definition) is 4. The standard InChI is InChI=1S/C19H21N3O2/c1-21-10-8-14(9-11-21)22-19(23)17-7-3-2-6-16(17)18(20-22)13-15-5-4-12-24-15/h2-7,12,14H,8-11,13H2,1H3. The molecule has 4 rings (SSSR count). The van der Waals surface area contributed by atoms with Gasteiger partial charge < -0.3 is 9.32 Å². The summed E-state index contributed by atoms with van der Waals surface area (Å²) in [5, 5.41) is 6.41. The van der Waals surface area contributed by atoms with E-state index in [-0.39, 0.29) is 11.6 Å². The van der Waals surface area contributed by atoms with Crippen LogP contribution in [-0.4, -0.2) is 34.8 Å². The lowest BCUT2D eigenvalue weighted by Crippen LogP contribution is -2.37. The monoisotopic (exact) mass is 323 g/mol. The molecule has 1 saturated heterocycles. The van der Waals surface area contributed by atoms with E-state index in [1.807, 2.05) is 36.4 Å². The Morgan fingerprint density at radius 1 is 1.12 bits per heavy atom. The smallest absolute Gasteiger partial charge is 0.274 e. The van der Waals surface area contributed by atoms with Crippen LogP contribution in [0.15, 0.2) is 51.9 Å². The predicted octanol–water partition coefficient (Wildman–Crippen LogP) is 2.85. The van der Waals surface area contributed by atoms with Gasteiger partial charge in [0.25, 0.3) is 5.56 Å². The maximum absolute atomic E-state index is 12.9. The second-order valence-electron chi connectivity index (χ2n) is 6.53. The second kappa shape index (κ2) is 6.24. The molecule has 3 heterocycles. The second-order valence-corrected chi connectivity index (χ2v) is 6.53. The average molecular weight is 323 g/mol. The van der Waals surface area contributed by atoms with Crippen molar-refractivity contribution in [3.63, 3.8) is 0 Å². The highest BCUT2D eigenvalue weighted by molar-refractivity contribution is 5.83. The van der Waals surface area contributed by atoms with Crippen molar-refractivity contribution in [1.29, 1.82) is 0 Å². The third-order valence-electron chi connectivity index (χ3n) is 4.86. The minimum absolute atomic E-state index is 0.0170. The van der Waals surface area contributed by atoms with Gasteiger partial charge in [0.15, 0.2) is 0 Å². The van der Waals surface area contributed by atoms with E-state index in [2.05, 4.69) is 11.9 Å². The highest BCUT2D eigenvalue weighted by Crippen LogP contribution is 2.23. The first-order chi connectivity index (χ1) is 11.7. The molecule has 2 aromatic heterocycles. The van der Waals surface area contributed by atoms with Gasteiger partial charge >= 0.3 is 0 Å². The third kappa shape index (κ3) is 2.76. The summed E-state index contributed by atoms with van der Waals surface area (Å²) in [4.78, 5) is 15.2. The number of rotatable bonds is 3. The summed E-state index contributed by atoms with van der Waals surface area (Å²) in [5.74, 6) is 0.862. The zero-order valence-electron chi connectivity index (χ0n) is 13.8. The molecule has 0 saturated carbocycles. The van der Waals surface area contributed by atoms with Gasteiger partial charge in [0.05, 0.1) is 29.8 Å². The first-order valence-corrected chi connectivity index (χ1v) is 8.44. The molecule has 5 nitrogen and oxygen atoms in total. The van der Waals surface area contributed by atoms with Crippen LogP contribution in [0.2, 0.25) is 0 Å². The molecule has 0 radical (unpaired) electrons. The Morgan fingerprint density at radius 3 is 2.58 bits per heavy atom. The van der Waals surface area contributed by atoms with Crippen molar-refractivity contribution in [2.45, 2.75) is 25.3 Å². The molecule has 5 heteroatoms. The fourth-order valence-electron chi connectivity index (χ4n) is 3.47. The van der Waals surface area contributed by atoms with E-state index in [9.17, 15) is 4.79 Å². The first-order valence-electron chi connectivity index (χ1n) is 8.44. The lowest BCUT2D eigenvalue weighted by molar-refractivity contribution is 0.208. The van der Waals surface area contributed by atoms with Gasteiger partial charge in [-0.15, -0.1) is 0 Å². The third-order valence-corrected chi connectivity index (χ3v) is 4.86. The Labute approximate surface area is 140 Å². The number of piperidine rings is 1. The molecule has 24 heavy (non-hydrogen) atoms. The van der Waals surface area contributed by atoms with Crippen molar-refractivity contribution in [1.82, 2.24) is 14.7 Å². The van der Waals surface area contributed by atoms with Crippen LogP contribution in [0.3, 0.4) is 0 Å². The number of hydrogen-bond donors (Lipinski definition) is 0. The van der Waals surface area contributed by atoms with Crippen LogP contribution >= 0.6 is 0 Å². The largest absolute Gasteiger partial charge is 0.469 e. The topological polar surface area (TPSA) is 51.3 Å². The van der Waals surface area contributed by atoms with Crippen molar-refractivity contribution in [2.24, 2.45) is 0 Å². The molecular weight excluding hydrogens is 302 g/mol.